The fraction of sp³-hybridized carbons (Fsp3) is 0.364. The lowest BCUT2D eigenvalue weighted by atomic mass is 10.1. The predicted octanol–water partition coefficient (Wildman–Crippen LogP) is 0.874. The third kappa shape index (κ3) is 4.66. The SMILES string of the molecule is CS(=O)CCCNc1cc(C(N)=O)ccc1[N+](=O)[O-]. The minimum absolute atomic E-state index is 0.123. The van der Waals surface area contributed by atoms with Gasteiger partial charge < -0.3 is 11.1 Å². The van der Waals surface area contributed by atoms with Crippen LogP contribution in [-0.4, -0.2) is 33.6 Å². The molecule has 3 N–H and O–H groups in total. The Labute approximate surface area is 112 Å². The van der Waals surface area contributed by atoms with Crippen LogP contribution in [0.5, 0.6) is 0 Å². The van der Waals surface area contributed by atoms with Gasteiger partial charge in [-0.05, 0) is 18.6 Å². The quantitative estimate of drug-likeness (QED) is 0.438. The number of nitrogens with one attached hydrogen (secondary N) is 1. The van der Waals surface area contributed by atoms with E-state index < -0.39 is 21.6 Å². The van der Waals surface area contributed by atoms with E-state index in [1.165, 1.54) is 18.2 Å². The maximum Gasteiger partial charge on any atom is 0.292 e. The molecule has 0 saturated heterocycles. The zero-order valence-electron chi connectivity index (χ0n) is 10.4. The summed E-state index contributed by atoms with van der Waals surface area (Å²) in [5.74, 6) is -0.136. The van der Waals surface area contributed by atoms with E-state index in [1.54, 1.807) is 6.26 Å². The fourth-order valence-corrected chi connectivity index (χ4v) is 2.04. The van der Waals surface area contributed by atoms with E-state index in [2.05, 4.69) is 5.32 Å². The van der Waals surface area contributed by atoms with Crippen LogP contribution in [0.3, 0.4) is 0 Å². The van der Waals surface area contributed by atoms with Crippen molar-refractivity contribution in [2.45, 2.75) is 6.42 Å². The first-order valence-corrected chi connectivity index (χ1v) is 7.26. The molecule has 0 aromatic heterocycles. The van der Waals surface area contributed by atoms with Crippen molar-refractivity contribution in [1.29, 1.82) is 0 Å². The Morgan fingerprint density at radius 3 is 2.74 bits per heavy atom. The number of hydrogen-bond donors (Lipinski definition) is 2. The summed E-state index contributed by atoms with van der Waals surface area (Å²) in [7, 11) is -0.897. The molecule has 1 atom stereocenters. The van der Waals surface area contributed by atoms with Crippen molar-refractivity contribution >= 4 is 28.1 Å². The van der Waals surface area contributed by atoms with E-state index in [4.69, 9.17) is 5.73 Å². The first-order chi connectivity index (χ1) is 8.91. The third-order valence-electron chi connectivity index (χ3n) is 2.40. The zero-order valence-corrected chi connectivity index (χ0v) is 11.2. The molecule has 0 fully saturated rings. The summed E-state index contributed by atoms with van der Waals surface area (Å²) in [6.45, 7) is 0.433. The number of nitro groups is 1. The first kappa shape index (κ1) is 15.1. The largest absolute Gasteiger partial charge is 0.379 e. The highest BCUT2D eigenvalue weighted by Crippen LogP contribution is 2.25. The van der Waals surface area contributed by atoms with Gasteiger partial charge in [0, 0.05) is 41.0 Å². The second-order valence-electron chi connectivity index (χ2n) is 3.91. The van der Waals surface area contributed by atoms with E-state index >= 15 is 0 Å². The summed E-state index contributed by atoms with van der Waals surface area (Å²) < 4.78 is 10.9. The van der Waals surface area contributed by atoms with E-state index in [0.29, 0.717) is 18.7 Å². The van der Waals surface area contributed by atoms with Crippen LogP contribution >= 0.6 is 0 Å². The van der Waals surface area contributed by atoms with Crippen molar-refractivity contribution in [3.8, 4) is 0 Å². The topological polar surface area (TPSA) is 115 Å². The highest BCUT2D eigenvalue weighted by molar-refractivity contribution is 7.84. The molecule has 1 amide bonds. The molecule has 0 spiro atoms. The average Bonchev–Trinajstić information content (AvgIpc) is 2.33. The normalized spacial score (nSPS) is 11.8. The van der Waals surface area contributed by atoms with Gasteiger partial charge in [-0.3, -0.25) is 19.1 Å². The van der Waals surface area contributed by atoms with Crippen molar-refractivity contribution in [2.24, 2.45) is 5.73 Å². The minimum Gasteiger partial charge on any atom is -0.379 e. The summed E-state index contributed by atoms with van der Waals surface area (Å²) >= 11 is 0. The Kier molecular flexibility index (Phi) is 5.43. The number of anilines is 1. The molecule has 0 saturated carbocycles. The number of rotatable bonds is 7. The van der Waals surface area contributed by atoms with Crippen LogP contribution in [0.2, 0.25) is 0 Å². The summed E-state index contributed by atoms with van der Waals surface area (Å²) in [4.78, 5) is 21.3. The summed E-state index contributed by atoms with van der Waals surface area (Å²) in [6.07, 6.45) is 2.21. The molecular formula is C11H15N3O4S. The maximum atomic E-state index is 11.0. The van der Waals surface area contributed by atoms with Gasteiger partial charge in [0.05, 0.1) is 4.92 Å². The molecule has 0 aliphatic rings. The lowest BCUT2D eigenvalue weighted by Gasteiger charge is -2.07. The Morgan fingerprint density at radius 2 is 2.21 bits per heavy atom. The van der Waals surface area contributed by atoms with Crippen LogP contribution < -0.4 is 11.1 Å². The van der Waals surface area contributed by atoms with Crippen molar-refractivity contribution in [1.82, 2.24) is 0 Å². The Morgan fingerprint density at radius 1 is 1.53 bits per heavy atom. The fourth-order valence-electron chi connectivity index (χ4n) is 1.49. The van der Waals surface area contributed by atoms with Crippen LogP contribution in [0.4, 0.5) is 11.4 Å². The van der Waals surface area contributed by atoms with Crippen molar-refractivity contribution < 1.29 is 13.9 Å². The van der Waals surface area contributed by atoms with E-state index in [9.17, 15) is 19.1 Å². The van der Waals surface area contributed by atoms with E-state index in [-0.39, 0.29) is 16.9 Å². The smallest absolute Gasteiger partial charge is 0.292 e. The highest BCUT2D eigenvalue weighted by Gasteiger charge is 2.15. The van der Waals surface area contributed by atoms with Gasteiger partial charge in [-0.25, -0.2) is 0 Å². The molecule has 7 nitrogen and oxygen atoms in total. The number of carbonyl (C=O) groups excluding carboxylic acids is 1. The van der Waals surface area contributed by atoms with Gasteiger partial charge in [-0.1, -0.05) is 0 Å². The number of hydrogen-bond acceptors (Lipinski definition) is 5. The predicted molar refractivity (Wildman–Crippen MR) is 73.7 cm³/mol. The number of nitro benzene ring substituents is 1. The van der Waals surface area contributed by atoms with Gasteiger partial charge in [0.2, 0.25) is 5.91 Å². The lowest BCUT2D eigenvalue weighted by Crippen LogP contribution is -2.13. The van der Waals surface area contributed by atoms with Gasteiger partial charge in [-0.2, -0.15) is 0 Å². The lowest BCUT2D eigenvalue weighted by molar-refractivity contribution is -0.384. The van der Waals surface area contributed by atoms with Crippen LogP contribution in [0, 0.1) is 10.1 Å². The second-order valence-corrected chi connectivity index (χ2v) is 5.47. The number of carbonyl (C=O) groups is 1. The molecule has 0 radical (unpaired) electrons. The van der Waals surface area contributed by atoms with Crippen molar-refractivity contribution in [2.75, 3.05) is 23.9 Å². The van der Waals surface area contributed by atoms with Crippen LogP contribution in [0.1, 0.15) is 16.8 Å². The monoisotopic (exact) mass is 285 g/mol. The number of amides is 1. The first-order valence-electron chi connectivity index (χ1n) is 5.54. The van der Waals surface area contributed by atoms with Crippen molar-refractivity contribution in [3.63, 3.8) is 0 Å². The molecular weight excluding hydrogens is 270 g/mol. The molecule has 1 aromatic carbocycles. The number of nitrogens with zero attached hydrogens (tertiary/aromatic N) is 1. The van der Waals surface area contributed by atoms with Crippen LogP contribution in [-0.2, 0) is 10.8 Å². The number of primary amides is 1. The van der Waals surface area contributed by atoms with E-state index in [0.717, 1.165) is 0 Å². The van der Waals surface area contributed by atoms with Gasteiger partial charge in [0.1, 0.15) is 5.69 Å². The Balaban J connectivity index is 2.82. The molecule has 0 aliphatic carbocycles. The molecule has 0 heterocycles. The average molecular weight is 285 g/mol. The second kappa shape index (κ2) is 6.83. The molecule has 1 unspecified atom stereocenters. The zero-order chi connectivity index (χ0) is 14.4. The summed E-state index contributed by atoms with van der Waals surface area (Å²) in [6, 6.07) is 3.90. The third-order valence-corrected chi connectivity index (χ3v) is 3.27. The molecule has 104 valence electrons. The van der Waals surface area contributed by atoms with E-state index in [1.807, 2.05) is 0 Å². The molecule has 8 heteroatoms. The van der Waals surface area contributed by atoms with Gasteiger partial charge in [-0.15, -0.1) is 0 Å². The highest BCUT2D eigenvalue weighted by atomic mass is 32.2. The molecule has 0 bridgehead atoms. The maximum absolute atomic E-state index is 11.0. The van der Waals surface area contributed by atoms with Gasteiger partial charge in [0.25, 0.3) is 5.69 Å². The standard InChI is InChI=1S/C11H15N3O4S/c1-19(18)6-2-5-13-9-7-8(11(12)15)3-4-10(9)14(16)17/h3-4,7,13H,2,5-6H2,1H3,(H2,12,15). The summed E-state index contributed by atoms with van der Waals surface area (Å²) in [5, 5.41) is 13.7. The van der Waals surface area contributed by atoms with Gasteiger partial charge in [0.15, 0.2) is 0 Å². The minimum atomic E-state index is -0.897. The molecule has 19 heavy (non-hydrogen) atoms. The Bertz CT molecular complexity index is 519. The van der Waals surface area contributed by atoms with Crippen LogP contribution in [0.15, 0.2) is 18.2 Å². The van der Waals surface area contributed by atoms with Crippen LogP contribution in [0.25, 0.3) is 0 Å². The molecule has 0 aliphatic heterocycles. The number of benzene rings is 1. The van der Waals surface area contributed by atoms with Gasteiger partial charge >= 0.3 is 0 Å². The van der Waals surface area contributed by atoms with Crippen molar-refractivity contribution in [3.05, 3.63) is 33.9 Å². The molecule has 1 rings (SSSR count). The summed E-state index contributed by atoms with van der Waals surface area (Å²) in [5.41, 5.74) is 5.44. The Hall–Kier alpha value is -1.96. The number of nitrogens with two attached hydrogens (primary N) is 1. The molecule has 1 aromatic rings.